The number of carbonyl (C=O) groups is 1. The van der Waals surface area contributed by atoms with Gasteiger partial charge in [-0.05, 0) is 24.6 Å². The number of carbonyl (C=O) groups excluding carboxylic acids is 1. The van der Waals surface area contributed by atoms with Gasteiger partial charge in [-0.25, -0.2) is 9.36 Å². The summed E-state index contributed by atoms with van der Waals surface area (Å²) in [5.74, 6) is -2.61. The molecule has 2 aromatic carbocycles. The monoisotopic (exact) mass is 631 g/mol. The lowest BCUT2D eigenvalue weighted by atomic mass is 10.1. The number of aromatic amines is 1. The Balaban J connectivity index is 1.58. The van der Waals surface area contributed by atoms with Gasteiger partial charge in [-0.15, -0.1) is 0 Å². The lowest BCUT2D eigenvalue weighted by molar-refractivity contribution is -0.237. The summed E-state index contributed by atoms with van der Waals surface area (Å²) in [5, 5.41) is 12.6. The van der Waals surface area contributed by atoms with Crippen molar-refractivity contribution in [1.29, 1.82) is 0 Å². The molecular formula is C26H26F4N3O9P. The molecule has 0 saturated carbocycles. The van der Waals surface area contributed by atoms with Gasteiger partial charge in [0.2, 0.25) is 5.82 Å². The summed E-state index contributed by atoms with van der Waals surface area (Å²) in [6.45, 7) is 0.976. The van der Waals surface area contributed by atoms with E-state index in [0.717, 1.165) is 6.92 Å². The molecule has 0 radical (unpaired) electrons. The summed E-state index contributed by atoms with van der Waals surface area (Å²) in [4.78, 5) is 37.7. The standard InChI is InChI=1S/C26H26F4N3O9P/c1-15(24(36)39-14-16-8-4-2-5-9-16)32-43(38,41-17-10-6-3-7-11-17)42-22(26(28,29)30)21-19(34)12-20(40-21)33-13-18(27)23(35)31-25(33)37/h2-11,13,15,19-22,34H,12,14H2,1H3,(H,32,38)(H,31,35,37)/t15-,19-,20+,21-,22-,43+/m0/s1. The van der Waals surface area contributed by atoms with E-state index in [1.165, 1.54) is 24.3 Å². The van der Waals surface area contributed by atoms with Crippen LogP contribution in [0.15, 0.2) is 76.4 Å². The number of ether oxygens (including phenoxy) is 2. The molecule has 43 heavy (non-hydrogen) atoms. The Hall–Kier alpha value is -3.82. The highest BCUT2D eigenvalue weighted by Gasteiger charge is 2.56. The van der Waals surface area contributed by atoms with Crippen LogP contribution in [0.1, 0.15) is 25.1 Å². The Bertz CT molecular complexity index is 1570. The Morgan fingerprint density at radius 1 is 1.16 bits per heavy atom. The first kappa shape index (κ1) is 32.1. The lowest BCUT2D eigenvalue weighted by Gasteiger charge is -2.31. The Morgan fingerprint density at radius 2 is 1.79 bits per heavy atom. The van der Waals surface area contributed by atoms with Crippen LogP contribution in [0, 0.1) is 5.82 Å². The number of hydrogen-bond acceptors (Lipinski definition) is 9. The van der Waals surface area contributed by atoms with Crippen molar-refractivity contribution >= 4 is 13.7 Å². The van der Waals surface area contributed by atoms with E-state index in [-0.39, 0.29) is 12.4 Å². The highest BCUT2D eigenvalue weighted by molar-refractivity contribution is 7.52. The van der Waals surface area contributed by atoms with Crippen molar-refractivity contribution in [3.63, 3.8) is 0 Å². The zero-order valence-electron chi connectivity index (χ0n) is 22.3. The molecule has 17 heteroatoms. The summed E-state index contributed by atoms with van der Waals surface area (Å²) >= 11 is 0. The average molecular weight is 631 g/mol. The molecule has 0 bridgehead atoms. The van der Waals surface area contributed by atoms with Gasteiger partial charge in [0.05, 0.1) is 12.3 Å². The van der Waals surface area contributed by atoms with Crippen molar-refractivity contribution in [2.75, 3.05) is 0 Å². The van der Waals surface area contributed by atoms with Gasteiger partial charge in [0.15, 0.2) is 6.10 Å². The number of benzene rings is 2. The largest absolute Gasteiger partial charge is 0.460 e. The Morgan fingerprint density at radius 3 is 2.42 bits per heavy atom. The highest BCUT2D eigenvalue weighted by atomic mass is 31.2. The number of para-hydroxylation sites is 1. The van der Waals surface area contributed by atoms with Gasteiger partial charge in [0.25, 0.3) is 5.56 Å². The molecule has 12 nitrogen and oxygen atoms in total. The number of aliphatic hydroxyl groups is 1. The maximum atomic E-state index is 14.4. The van der Waals surface area contributed by atoms with E-state index >= 15 is 0 Å². The second kappa shape index (κ2) is 13.2. The quantitative estimate of drug-likeness (QED) is 0.163. The van der Waals surface area contributed by atoms with Crippen LogP contribution in [0.2, 0.25) is 0 Å². The summed E-state index contributed by atoms with van der Waals surface area (Å²) in [6.07, 6.45) is -14.7. The van der Waals surface area contributed by atoms with Crippen LogP contribution in [0.3, 0.4) is 0 Å². The molecule has 3 aromatic rings. The smallest absolute Gasteiger partial charge is 0.460 e. The van der Waals surface area contributed by atoms with Crippen LogP contribution in [-0.2, 0) is 30.0 Å². The molecule has 1 saturated heterocycles. The second-order valence-corrected chi connectivity index (χ2v) is 11.1. The van der Waals surface area contributed by atoms with Crippen molar-refractivity contribution in [3.8, 4) is 5.75 Å². The molecule has 1 aromatic heterocycles. The number of H-pyrrole nitrogens is 1. The van der Waals surface area contributed by atoms with Crippen LogP contribution in [-0.4, -0.2) is 51.2 Å². The number of nitrogens with zero attached hydrogens (tertiary/aromatic N) is 1. The van der Waals surface area contributed by atoms with E-state index in [4.69, 9.17) is 18.5 Å². The summed E-state index contributed by atoms with van der Waals surface area (Å²) in [7, 11) is -5.13. The molecule has 2 heterocycles. The number of halogens is 4. The normalized spacial score (nSPS) is 21.5. The molecule has 1 aliphatic rings. The number of nitrogens with one attached hydrogen (secondary N) is 2. The average Bonchev–Trinajstić information content (AvgIpc) is 3.33. The maximum absolute atomic E-state index is 14.4. The molecule has 232 valence electrons. The van der Waals surface area contributed by atoms with E-state index in [0.29, 0.717) is 16.3 Å². The van der Waals surface area contributed by atoms with Gasteiger partial charge in [0, 0.05) is 6.42 Å². The third kappa shape index (κ3) is 8.18. The number of aliphatic hydroxyl groups excluding tert-OH is 1. The molecule has 4 rings (SSSR count). The summed E-state index contributed by atoms with van der Waals surface area (Å²) < 4.78 is 91.8. The van der Waals surface area contributed by atoms with Crippen LogP contribution >= 0.6 is 7.75 Å². The number of esters is 1. The van der Waals surface area contributed by atoms with Crippen molar-refractivity contribution in [2.45, 2.75) is 56.7 Å². The predicted molar refractivity (Wildman–Crippen MR) is 140 cm³/mol. The van der Waals surface area contributed by atoms with Gasteiger partial charge in [-0.1, -0.05) is 48.5 Å². The van der Waals surface area contributed by atoms with E-state index < -0.39 is 74.0 Å². The molecule has 0 aliphatic carbocycles. The van der Waals surface area contributed by atoms with Crippen LogP contribution in [0.25, 0.3) is 0 Å². The first-order chi connectivity index (χ1) is 20.3. The van der Waals surface area contributed by atoms with E-state index in [1.54, 1.807) is 41.4 Å². The fraction of sp³-hybridized carbons (Fsp3) is 0.346. The molecule has 1 aliphatic heterocycles. The number of hydrogen-bond donors (Lipinski definition) is 3. The zero-order chi connectivity index (χ0) is 31.4. The molecule has 1 fully saturated rings. The Labute approximate surface area is 240 Å². The van der Waals surface area contributed by atoms with Gasteiger partial charge < -0.3 is 19.1 Å². The van der Waals surface area contributed by atoms with Crippen molar-refractivity contribution in [1.82, 2.24) is 14.6 Å². The number of aromatic nitrogens is 2. The third-order valence-electron chi connectivity index (χ3n) is 6.14. The van der Waals surface area contributed by atoms with Gasteiger partial charge in [-0.2, -0.15) is 22.6 Å². The number of rotatable bonds is 11. The minimum Gasteiger partial charge on any atom is -0.460 e. The van der Waals surface area contributed by atoms with Crippen LogP contribution in [0.5, 0.6) is 5.75 Å². The lowest BCUT2D eigenvalue weighted by Crippen LogP contribution is -2.48. The maximum Gasteiger partial charge on any atom is 0.460 e. The summed E-state index contributed by atoms with van der Waals surface area (Å²) in [5.41, 5.74) is -1.96. The molecule has 0 unspecified atom stereocenters. The molecule has 0 amide bonds. The fourth-order valence-electron chi connectivity index (χ4n) is 4.09. The Kier molecular flexibility index (Phi) is 9.87. The van der Waals surface area contributed by atoms with E-state index in [9.17, 15) is 41.6 Å². The fourth-order valence-corrected chi connectivity index (χ4v) is 5.77. The summed E-state index contributed by atoms with van der Waals surface area (Å²) in [6, 6.07) is 13.9. The third-order valence-corrected chi connectivity index (χ3v) is 7.80. The van der Waals surface area contributed by atoms with Crippen molar-refractivity contribution in [2.24, 2.45) is 0 Å². The van der Waals surface area contributed by atoms with Gasteiger partial charge in [0.1, 0.15) is 30.7 Å². The molecular weight excluding hydrogens is 605 g/mol. The molecule has 3 N–H and O–H groups in total. The first-order valence-corrected chi connectivity index (χ1v) is 14.2. The minimum atomic E-state index is -5.35. The van der Waals surface area contributed by atoms with Crippen molar-refractivity contribution in [3.05, 3.63) is 99.1 Å². The molecule has 6 atom stereocenters. The number of alkyl halides is 3. The van der Waals surface area contributed by atoms with E-state index in [1.807, 2.05) is 0 Å². The van der Waals surface area contributed by atoms with Crippen molar-refractivity contribution < 1.29 is 50.5 Å². The van der Waals surface area contributed by atoms with Crippen LogP contribution < -0.4 is 20.9 Å². The SMILES string of the molecule is C[C@H](N[P@@](=O)(Oc1ccccc1)O[C@@H]([C@H]1O[C@@H](n2cc(F)c(=O)[nH]c2=O)C[C@@H]1O)C(F)(F)F)C(=O)OCc1ccccc1. The predicted octanol–water partition coefficient (Wildman–Crippen LogP) is 3.18. The zero-order valence-corrected chi connectivity index (χ0v) is 23.2. The van der Waals surface area contributed by atoms with Gasteiger partial charge >= 0.3 is 25.6 Å². The topological polar surface area (TPSA) is 158 Å². The molecule has 0 spiro atoms. The van der Waals surface area contributed by atoms with Crippen LogP contribution in [0.4, 0.5) is 17.6 Å². The van der Waals surface area contributed by atoms with Gasteiger partial charge in [-0.3, -0.25) is 23.7 Å². The highest BCUT2D eigenvalue weighted by Crippen LogP contribution is 2.50. The van der Waals surface area contributed by atoms with E-state index in [2.05, 4.69) is 5.09 Å². The second-order valence-electron chi connectivity index (χ2n) is 9.42. The minimum absolute atomic E-state index is 0.185. The first-order valence-electron chi connectivity index (χ1n) is 12.7.